The van der Waals surface area contributed by atoms with Crippen molar-refractivity contribution in [3.05, 3.63) is 28.3 Å². The van der Waals surface area contributed by atoms with Gasteiger partial charge in [-0.2, -0.15) is 11.8 Å². The standard InChI is InChI=1S/C11H17N3O4S2/c1-11(2,19-3)7-13-20(17,18)9-6-4-5-8(12)10(9)14(15)16/h4-6,13H,7,12H2,1-3H3. The van der Waals surface area contributed by atoms with Crippen LogP contribution in [0.4, 0.5) is 11.4 Å². The maximum absolute atomic E-state index is 12.2. The van der Waals surface area contributed by atoms with E-state index in [1.165, 1.54) is 30.0 Å². The van der Waals surface area contributed by atoms with Crippen LogP contribution >= 0.6 is 11.8 Å². The van der Waals surface area contributed by atoms with Gasteiger partial charge in [-0.1, -0.05) is 6.07 Å². The van der Waals surface area contributed by atoms with Crippen molar-refractivity contribution < 1.29 is 13.3 Å². The van der Waals surface area contributed by atoms with Gasteiger partial charge >= 0.3 is 5.69 Å². The highest BCUT2D eigenvalue weighted by Gasteiger charge is 2.29. The van der Waals surface area contributed by atoms with Crippen LogP contribution in [0.1, 0.15) is 13.8 Å². The second-order valence-electron chi connectivity index (χ2n) is 4.74. The number of benzene rings is 1. The molecule has 20 heavy (non-hydrogen) atoms. The molecule has 0 bridgehead atoms. The summed E-state index contributed by atoms with van der Waals surface area (Å²) >= 11 is 1.49. The minimum atomic E-state index is -3.99. The predicted octanol–water partition coefficient (Wildman–Crippen LogP) is 1.60. The second kappa shape index (κ2) is 5.98. The molecule has 1 aromatic rings. The number of nitro groups is 1. The molecule has 0 unspecified atom stereocenters. The number of thioether (sulfide) groups is 1. The largest absolute Gasteiger partial charge is 0.393 e. The van der Waals surface area contributed by atoms with Gasteiger partial charge in [-0.15, -0.1) is 0 Å². The van der Waals surface area contributed by atoms with Crippen LogP contribution in [0.3, 0.4) is 0 Å². The summed E-state index contributed by atoms with van der Waals surface area (Å²) in [4.78, 5) is 9.77. The van der Waals surface area contributed by atoms with Gasteiger partial charge in [0.1, 0.15) is 5.69 Å². The average molecular weight is 319 g/mol. The number of para-hydroxylation sites is 1. The summed E-state index contributed by atoms with van der Waals surface area (Å²) < 4.78 is 26.4. The number of nitro benzene ring substituents is 1. The Bertz CT molecular complexity index is 614. The highest BCUT2D eigenvalue weighted by molar-refractivity contribution is 8.00. The van der Waals surface area contributed by atoms with Crippen molar-refractivity contribution in [3.63, 3.8) is 0 Å². The lowest BCUT2D eigenvalue weighted by Gasteiger charge is -2.22. The molecule has 0 aliphatic heterocycles. The SMILES string of the molecule is CSC(C)(C)CNS(=O)(=O)c1cccc(N)c1[N+](=O)[O-]. The average Bonchev–Trinajstić information content (AvgIpc) is 2.36. The predicted molar refractivity (Wildman–Crippen MR) is 80.3 cm³/mol. The molecule has 1 rings (SSSR count). The molecule has 0 aliphatic rings. The van der Waals surface area contributed by atoms with E-state index in [0.717, 1.165) is 0 Å². The van der Waals surface area contributed by atoms with E-state index in [-0.39, 0.29) is 17.0 Å². The first-order chi connectivity index (χ1) is 9.10. The summed E-state index contributed by atoms with van der Waals surface area (Å²) in [6.07, 6.45) is 1.86. The lowest BCUT2D eigenvalue weighted by atomic mass is 10.2. The van der Waals surface area contributed by atoms with Crippen LogP contribution in [0.15, 0.2) is 23.1 Å². The van der Waals surface area contributed by atoms with E-state index in [1.54, 1.807) is 0 Å². The molecule has 112 valence electrons. The first-order valence-electron chi connectivity index (χ1n) is 5.68. The van der Waals surface area contributed by atoms with Gasteiger partial charge in [-0.05, 0) is 32.2 Å². The Morgan fingerprint density at radius 2 is 2.05 bits per heavy atom. The van der Waals surface area contributed by atoms with Crippen LogP contribution in [0.2, 0.25) is 0 Å². The Labute approximate surface area is 122 Å². The van der Waals surface area contributed by atoms with E-state index < -0.39 is 25.5 Å². The van der Waals surface area contributed by atoms with E-state index in [9.17, 15) is 18.5 Å². The lowest BCUT2D eigenvalue weighted by Crippen LogP contribution is -2.36. The van der Waals surface area contributed by atoms with Gasteiger partial charge in [0.25, 0.3) is 0 Å². The first-order valence-corrected chi connectivity index (χ1v) is 8.39. The number of hydrogen-bond acceptors (Lipinski definition) is 6. The van der Waals surface area contributed by atoms with Crippen LogP contribution in [0, 0.1) is 10.1 Å². The Kier molecular flexibility index (Phi) is 5.00. The molecular formula is C11H17N3O4S2. The van der Waals surface area contributed by atoms with Gasteiger partial charge in [-0.25, -0.2) is 13.1 Å². The third kappa shape index (κ3) is 3.84. The number of nitrogens with one attached hydrogen (secondary N) is 1. The summed E-state index contributed by atoms with van der Waals surface area (Å²) in [5.41, 5.74) is 4.71. The fourth-order valence-corrected chi connectivity index (χ4v) is 3.09. The van der Waals surface area contributed by atoms with E-state index in [4.69, 9.17) is 5.73 Å². The Hall–Kier alpha value is -1.32. The molecule has 0 saturated heterocycles. The summed E-state index contributed by atoms with van der Waals surface area (Å²) in [6, 6.07) is 3.84. The molecule has 1 aromatic carbocycles. The Balaban J connectivity index is 3.17. The van der Waals surface area contributed by atoms with Gasteiger partial charge in [-0.3, -0.25) is 10.1 Å². The van der Waals surface area contributed by atoms with E-state index in [0.29, 0.717) is 0 Å². The lowest BCUT2D eigenvalue weighted by molar-refractivity contribution is -0.386. The van der Waals surface area contributed by atoms with Gasteiger partial charge < -0.3 is 5.73 Å². The molecule has 0 fully saturated rings. The number of rotatable bonds is 6. The smallest absolute Gasteiger partial charge is 0.312 e. The van der Waals surface area contributed by atoms with Crippen LogP contribution in [-0.4, -0.2) is 30.9 Å². The molecule has 0 aromatic heterocycles. The number of nitrogens with zero attached hydrogens (tertiary/aromatic N) is 1. The van der Waals surface area contributed by atoms with Crippen LogP contribution in [0.25, 0.3) is 0 Å². The highest BCUT2D eigenvalue weighted by atomic mass is 32.2. The monoisotopic (exact) mass is 319 g/mol. The van der Waals surface area contributed by atoms with E-state index >= 15 is 0 Å². The molecule has 3 N–H and O–H groups in total. The molecule has 0 aliphatic carbocycles. The summed E-state index contributed by atoms with van der Waals surface area (Å²) in [7, 11) is -3.99. The zero-order valence-electron chi connectivity index (χ0n) is 11.4. The number of nitrogens with two attached hydrogens (primary N) is 1. The Morgan fingerprint density at radius 3 is 2.55 bits per heavy atom. The maximum Gasteiger partial charge on any atom is 0.312 e. The fraction of sp³-hybridized carbons (Fsp3) is 0.455. The van der Waals surface area contributed by atoms with Crippen molar-refractivity contribution in [1.29, 1.82) is 0 Å². The van der Waals surface area contributed by atoms with Gasteiger partial charge in [0.05, 0.1) is 4.92 Å². The first kappa shape index (κ1) is 16.7. The number of anilines is 1. The number of nitrogen functional groups attached to an aromatic ring is 1. The molecule has 0 saturated carbocycles. The molecule has 0 heterocycles. The van der Waals surface area contributed by atoms with Crippen molar-refractivity contribution in [3.8, 4) is 0 Å². The number of hydrogen-bond donors (Lipinski definition) is 2. The zero-order chi connectivity index (χ0) is 15.6. The molecule has 0 atom stereocenters. The number of sulfonamides is 1. The third-order valence-corrected chi connectivity index (χ3v) is 5.43. The van der Waals surface area contributed by atoms with Crippen LogP contribution in [-0.2, 0) is 10.0 Å². The molecule has 0 radical (unpaired) electrons. The normalized spacial score (nSPS) is 12.3. The molecule has 0 amide bonds. The summed E-state index contributed by atoms with van der Waals surface area (Å²) in [6.45, 7) is 3.89. The van der Waals surface area contributed by atoms with Crippen molar-refractivity contribution >= 4 is 33.2 Å². The summed E-state index contributed by atoms with van der Waals surface area (Å²) in [5.74, 6) is 0. The minimum absolute atomic E-state index is 0.155. The molecular weight excluding hydrogens is 302 g/mol. The maximum atomic E-state index is 12.2. The van der Waals surface area contributed by atoms with Crippen molar-refractivity contribution in [2.24, 2.45) is 0 Å². The molecule has 9 heteroatoms. The second-order valence-corrected chi connectivity index (χ2v) is 7.99. The van der Waals surface area contributed by atoms with Gasteiger partial charge in [0.15, 0.2) is 4.90 Å². The van der Waals surface area contributed by atoms with Crippen molar-refractivity contribution in [2.45, 2.75) is 23.5 Å². The van der Waals surface area contributed by atoms with E-state index in [1.807, 2.05) is 20.1 Å². The molecule has 7 nitrogen and oxygen atoms in total. The van der Waals surface area contributed by atoms with Crippen LogP contribution < -0.4 is 10.5 Å². The fourth-order valence-electron chi connectivity index (χ4n) is 1.37. The summed E-state index contributed by atoms with van der Waals surface area (Å²) in [5, 5.41) is 11.0. The van der Waals surface area contributed by atoms with Crippen molar-refractivity contribution in [2.75, 3.05) is 18.5 Å². The zero-order valence-corrected chi connectivity index (χ0v) is 13.0. The Morgan fingerprint density at radius 1 is 1.45 bits per heavy atom. The highest BCUT2D eigenvalue weighted by Crippen LogP contribution is 2.30. The van der Waals surface area contributed by atoms with Gasteiger partial charge in [0, 0.05) is 11.3 Å². The minimum Gasteiger partial charge on any atom is -0.393 e. The third-order valence-electron chi connectivity index (χ3n) is 2.74. The van der Waals surface area contributed by atoms with Crippen LogP contribution in [0.5, 0.6) is 0 Å². The van der Waals surface area contributed by atoms with Gasteiger partial charge in [0.2, 0.25) is 10.0 Å². The van der Waals surface area contributed by atoms with E-state index in [2.05, 4.69) is 4.72 Å². The van der Waals surface area contributed by atoms with Crippen molar-refractivity contribution in [1.82, 2.24) is 4.72 Å². The topological polar surface area (TPSA) is 115 Å². The quantitative estimate of drug-likeness (QED) is 0.467. The molecule has 0 spiro atoms.